The minimum Gasteiger partial charge on any atom is -0.363 e. The topological polar surface area (TPSA) is 58.1 Å². The van der Waals surface area contributed by atoms with Crippen LogP contribution in [0.4, 0.5) is 11.5 Å². The zero-order valence-corrected chi connectivity index (χ0v) is 12.4. The summed E-state index contributed by atoms with van der Waals surface area (Å²) in [6, 6.07) is 4.98. The van der Waals surface area contributed by atoms with Crippen molar-refractivity contribution < 1.29 is 4.79 Å². The van der Waals surface area contributed by atoms with Crippen LogP contribution in [0.5, 0.6) is 0 Å². The van der Waals surface area contributed by atoms with Gasteiger partial charge < -0.3 is 10.2 Å². The number of carbonyl (C=O) groups is 1. The molecule has 0 unspecified atom stereocenters. The predicted molar refractivity (Wildman–Crippen MR) is 80.8 cm³/mol. The number of anilines is 2. The molecule has 0 spiro atoms. The zero-order valence-electron chi connectivity index (χ0n) is 10.9. The normalized spacial score (nSPS) is 10.2. The first-order valence-corrected chi connectivity index (χ1v) is 6.49. The van der Waals surface area contributed by atoms with Gasteiger partial charge in [-0.3, -0.25) is 4.79 Å². The van der Waals surface area contributed by atoms with Gasteiger partial charge >= 0.3 is 0 Å². The van der Waals surface area contributed by atoms with E-state index in [4.69, 9.17) is 23.2 Å². The van der Waals surface area contributed by atoms with Crippen molar-refractivity contribution in [1.82, 2.24) is 9.97 Å². The van der Waals surface area contributed by atoms with Gasteiger partial charge in [0.05, 0.1) is 22.5 Å². The lowest BCUT2D eigenvalue weighted by Crippen LogP contribution is -2.14. The van der Waals surface area contributed by atoms with E-state index >= 15 is 0 Å². The molecule has 104 valence electrons. The number of amides is 1. The maximum atomic E-state index is 12.1. The molecule has 0 radical (unpaired) electrons. The Kier molecular flexibility index (Phi) is 4.42. The number of nitrogens with one attached hydrogen (secondary N) is 1. The predicted octanol–water partition coefficient (Wildman–Crippen LogP) is 3.10. The highest BCUT2D eigenvalue weighted by molar-refractivity contribution is 6.35. The molecule has 1 N–H and O–H groups in total. The van der Waals surface area contributed by atoms with E-state index in [1.165, 1.54) is 12.3 Å². The molecular formula is C13H12Cl2N4O. The van der Waals surface area contributed by atoms with Gasteiger partial charge in [-0.25, -0.2) is 9.97 Å². The quantitative estimate of drug-likeness (QED) is 0.885. The summed E-state index contributed by atoms with van der Waals surface area (Å²) in [4.78, 5) is 22.0. The highest BCUT2D eigenvalue weighted by atomic mass is 35.5. The first-order chi connectivity index (χ1) is 9.47. The Hall–Kier alpha value is -1.85. The zero-order chi connectivity index (χ0) is 14.7. The van der Waals surface area contributed by atoms with Crippen LogP contribution in [0.25, 0.3) is 0 Å². The molecule has 0 fully saturated rings. The summed E-state index contributed by atoms with van der Waals surface area (Å²) in [5.74, 6) is 0.437. The van der Waals surface area contributed by atoms with E-state index < -0.39 is 0 Å². The average molecular weight is 311 g/mol. The monoisotopic (exact) mass is 310 g/mol. The lowest BCUT2D eigenvalue weighted by Gasteiger charge is -2.12. The molecule has 5 nitrogen and oxygen atoms in total. The van der Waals surface area contributed by atoms with E-state index in [-0.39, 0.29) is 21.6 Å². The molecule has 0 bridgehead atoms. The molecule has 0 aliphatic rings. The molecule has 20 heavy (non-hydrogen) atoms. The van der Waals surface area contributed by atoms with Crippen LogP contribution < -0.4 is 10.2 Å². The first kappa shape index (κ1) is 14.6. The molecule has 0 atom stereocenters. The molecule has 2 heterocycles. The Morgan fingerprint density at radius 1 is 1.20 bits per heavy atom. The summed E-state index contributed by atoms with van der Waals surface area (Å²) >= 11 is 11.7. The van der Waals surface area contributed by atoms with Crippen LogP contribution in [0.1, 0.15) is 10.4 Å². The number of pyridine rings is 2. The Labute approximate surface area is 126 Å². The van der Waals surface area contributed by atoms with Crippen LogP contribution in [0, 0.1) is 0 Å². The number of carbonyl (C=O) groups excluding carboxylic acids is 1. The van der Waals surface area contributed by atoms with Gasteiger partial charge in [-0.05, 0) is 18.2 Å². The lowest BCUT2D eigenvalue weighted by atomic mass is 10.2. The van der Waals surface area contributed by atoms with Crippen molar-refractivity contribution in [3.05, 3.63) is 46.3 Å². The van der Waals surface area contributed by atoms with Crippen molar-refractivity contribution in [3.8, 4) is 0 Å². The van der Waals surface area contributed by atoms with Gasteiger partial charge in [-0.2, -0.15) is 0 Å². The molecule has 0 aliphatic heterocycles. The van der Waals surface area contributed by atoms with Gasteiger partial charge in [0, 0.05) is 20.3 Å². The van der Waals surface area contributed by atoms with Crippen LogP contribution in [-0.4, -0.2) is 30.0 Å². The largest absolute Gasteiger partial charge is 0.363 e. The van der Waals surface area contributed by atoms with Gasteiger partial charge in [0.2, 0.25) is 0 Å². The second kappa shape index (κ2) is 6.07. The van der Waals surface area contributed by atoms with Crippen molar-refractivity contribution in [2.24, 2.45) is 0 Å². The van der Waals surface area contributed by atoms with Crippen molar-refractivity contribution in [3.63, 3.8) is 0 Å². The van der Waals surface area contributed by atoms with Gasteiger partial charge in [-0.1, -0.05) is 23.2 Å². The SMILES string of the molecule is CN(C)c1ccc(NC(=O)c2cc(Cl)ncc2Cl)cn1. The number of nitrogens with zero attached hydrogens (tertiary/aromatic N) is 3. The molecule has 1 amide bonds. The Balaban J connectivity index is 2.17. The highest BCUT2D eigenvalue weighted by Gasteiger charge is 2.12. The van der Waals surface area contributed by atoms with E-state index in [9.17, 15) is 4.79 Å². The van der Waals surface area contributed by atoms with E-state index in [0.717, 1.165) is 5.82 Å². The minimum absolute atomic E-state index is 0.209. The van der Waals surface area contributed by atoms with Gasteiger partial charge in [0.15, 0.2) is 0 Å². The maximum absolute atomic E-state index is 12.1. The maximum Gasteiger partial charge on any atom is 0.257 e. The molecule has 0 aliphatic carbocycles. The molecular weight excluding hydrogens is 299 g/mol. The fraction of sp³-hybridized carbons (Fsp3) is 0.154. The summed E-state index contributed by atoms with van der Waals surface area (Å²) in [6.45, 7) is 0. The van der Waals surface area contributed by atoms with Crippen molar-refractivity contribution >= 4 is 40.6 Å². The van der Waals surface area contributed by atoms with Crippen LogP contribution >= 0.6 is 23.2 Å². The van der Waals surface area contributed by atoms with Crippen LogP contribution in [-0.2, 0) is 0 Å². The summed E-state index contributed by atoms with van der Waals surface area (Å²) in [6.07, 6.45) is 2.91. The Morgan fingerprint density at radius 2 is 1.95 bits per heavy atom. The highest BCUT2D eigenvalue weighted by Crippen LogP contribution is 2.20. The van der Waals surface area contributed by atoms with Gasteiger partial charge in [0.1, 0.15) is 11.0 Å². The lowest BCUT2D eigenvalue weighted by molar-refractivity contribution is 0.102. The molecule has 0 aromatic carbocycles. The molecule has 2 aromatic heterocycles. The fourth-order valence-electron chi connectivity index (χ4n) is 1.51. The number of halogens is 2. The number of rotatable bonds is 3. The Bertz CT molecular complexity index is 629. The third-order valence-electron chi connectivity index (χ3n) is 2.53. The second-order valence-electron chi connectivity index (χ2n) is 4.24. The van der Waals surface area contributed by atoms with Crippen molar-refractivity contribution in [2.45, 2.75) is 0 Å². The molecule has 0 saturated carbocycles. The van der Waals surface area contributed by atoms with Gasteiger partial charge in [0.25, 0.3) is 5.91 Å². The van der Waals surface area contributed by atoms with E-state index in [1.807, 2.05) is 19.0 Å². The molecule has 7 heteroatoms. The van der Waals surface area contributed by atoms with Gasteiger partial charge in [-0.15, -0.1) is 0 Å². The third-order valence-corrected chi connectivity index (χ3v) is 3.04. The van der Waals surface area contributed by atoms with E-state index in [1.54, 1.807) is 18.3 Å². The van der Waals surface area contributed by atoms with Crippen LogP contribution in [0.15, 0.2) is 30.6 Å². The second-order valence-corrected chi connectivity index (χ2v) is 5.03. The Morgan fingerprint density at radius 3 is 2.55 bits per heavy atom. The molecule has 2 rings (SSSR count). The molecule has 0 saturated heterocycles. The average Bonchev–Trinajstić information content (AvgIpc) is 2.42. The van der Waals surface area contributed by atoms with E-state index in [0.29, 0.717) is 5.69 Å². The summed E-state index contributed by atoms with van der Waals surface area (Å²) in [7, 11) is 3.78. The minimum atomic E-state index is -0.362. The smallest absolute Gasteiger partial charge is 0.257 e. The number of hydrogen-bond acceptors (Lipinski definition) is 4. The first-order valence-electron chi connectivity index (χ1n) is 5.73. The summed E-state index contributed by atoms with van der Waals surface area (Å²) < 4.78 is 0. The van der Waals surface area contributed by atoms with Crippen molar-refractivity contribution in [1.29, 1.82) is 0 Å². The number of hydrogen-bond donors (Lipinski definition) is 1. The fourth-order valence-corrected chi connectivity index (χ4v) is 1.86. The third kappa shape index (κ3) is 3.37. The molecule has 2 aromatic rings. The number of aromatic nitrogens is 2. The van der Waals surface area contributed by atoms with E-state index in [2.05, 4.69) is 15.3 Å². The summed E-state index contributed by atoms with van der Waals surface area (Å²) in [5, 5.41) is 3.15. The van der Waals surface area contributed by atoms with Crippen molar-refractivity contribution in [2.75, 3.05) is 24.3 Å². The van der Waals surface area contributed by atoms with Crippen LogP contribution in [0.3, 0.4) is 0 Å². The summed E-state index contributed by atoms with van der Waals surface area (Å²) in [5.41, 5.74) is 0.841. The van der Waals surface area contributed by atoms with Crippen LogP contribution in [0.2, 0.25) is 10.2 Å². The standard InChI is InChI=1S/C13H12Cl2N4O/c1-19(2)12-4-3-8(6-17-12)18-13(20)9-5-11(15)16-7-10(9)14/h3-7H,1-2H3,(H,18,20).